The van der Waals surface area contributed by atoms with Crippen molar-refractivity contribution in [3.05, 3.63) is 48.3 Å². The molecular formula is C22H19F3N4O. The number of amidine groups is 1. The summed E-state index contributed by atoms with van der Waals surface area (Å²) in [7, 11) is 0. The molecule has 0 radical (unpaired) electrons. The molecule has 0 saturated carbocycles. The fourth-order valence-electron chi connectivity index (χ4n) is 4.19. The number of halogens is 3. The van der Waals surface area contributed by atoms with Gasteiger partial charge in [0.1, 0.15) is 24.7 Å². The van der Waals surface area contributed by atoms with Gasteiger partial charge in [0.05, 0.1) is 12.1 Å². The summed E-state index contributed by atoms with van der Waals surface area (Å²) in [6.07, 6.45) is -0.942. The number of hydrogen-bond acceptors (Lipinski definition) is 4. The van der Waals surface area contributed by atoms with Gasteiger partial charge in [-0.15, -0.1) is 0 Å². The standard InChI is InChI=1S/C22H19F3N4O/c1-13-16-4-5-26-10-14(16)8-18-17-9-15(30-11-20-27-6-7-28-20)2-3-19(17)29(21(13)18)12-22(23,24)25/h2-5,8-10H,6-7,11-12H2,1H3,(H,27,28). The zero-order chi connectivity index (χ0) is 20.9. The van der Waals surface area contributed by atoms with Crippen LogP contribution in [0.1, 0.15) is 5.56 Å². The van der Waals surface area contributed by atoms with Crippen molar-refractivity contribution in [1.82, 2.24) is 14.9 Å². The third-order valence-corrected chi connectivity index (χ3v) is 5.44. The number of pyridine rings is 1. The molecule has 154 valence electrons. The molecule has 0 fully saturated rings. The van der Waals surface area contributed by atoms with Crippen LogP contribution in [0.15, 0.2) is 47.7 Å². The van der Waals surface area contributed by atoms with Crippen LogP contribution in [0.25, 0.3) is 32.6 Å². The van der Waals surface area contributed by atoms with Crippen molar-refractivity contribution in [1.29, 1.82) is 0 Å². The Labute approximate surface area is 170 Å². The van der Waals surface area contributed by atoms with Gasteiger partial charge in [-0.3, -0.25) is 9.98 Å². The first-order chi connectivity index (χ1) is 14.4. The maximum Gasteiger partial charge on any atom is 0.406 e. The number of rotatable bonds is 4. The molecule has 4 aromatic rings. The third-order valence-electron chi connectivity index (χ3n) is 5.44. The maximum absolute atomic E-state index is 13.4. The second-order valence-electron chi connectivity index (χ2n) is 7.42. The molecule has 5 nitrogen and oxygen atoms in total. The van der Waals surface area contributed by atoms with Crippen LogP contribution in [0.2, 0.25) is 0 Å². The van der Waals surface area contributed by atoms with Crippen molar-refractivity contribution in [2.75, 3.05) is 19.7 Å². The van der Waals surface area contributed by atoms with E-state index in [1.807, 2.05) is 25.1 Å². The normalized spacial score (nSPS) is 14.5. The molecule has 2 aromatic heterocycles. The average Bonchev–Trinajstić information content (AvgIpc) is 3.33. The Hall–Kier alpha value is -3.29. The fourth-order valence-corrected chi connectivity index (χ4v) is 4.19. The summed E-state index contributed by atoms with van der Waals surface area (Å²) in [5.41, 5.74) is 1.91. The highest BCUT2D eigenvalue weighted by Gasteiger charge is 2.30. The van der Waals surface area contributed by atoms with Crippen LogP contribution < -0.4 is 10.1 Å². The molecule has 0 saturated heterocycles. The molecule has 1 N–H and O–H groups in total. The van der Waals surface area contributed by atoms with E-state index < -0.39 is 12.7 Å². The van der Waals surface area contributed by atoms with Crippen LogP contribution in [0, 0.1) is 6.92 Å². The quantitative estimate of drug-likeness (QED) is 0.533. The van der Waals surface area contributed by atoms with Crippen molar-refractivity contribution in [2.24, 2.45) is 4.99 Å². The summed E-state index contributed by atoms with van der Waals surface area (Å²) in [6, 6.07) is 8.96. The highest BCUT2D eigenvalue weighted by Crippen LogP contribution is 2.38. The molecule has 0 unspecified atom stereocenters. The molecule has 0 atom stereocenters. The van der Waals surface area contributed by atoms with Crippen LogP contribution in [0.4, 0.5) is 13.2 Å². The second-order valence-corrected chi connectivity index (χ2v) is 7.42. The van der Waals surface area contributed by atoms with Gasteiger partial charge in [0.25, 0.3) is 0 Å². The average molecular weight is 412 g/mol. The Bertz CT molecular complexity index is 1310. The van der Waals surface area contributed by atoms with Gasteiger partial charge >= 0.3 is 6.18 Å². The van der Waals surface area contributed by atoms with Crippen LogP contribution in [0.3, 0.4) is 0 Å². The summed E-state index contributed by atoms with van der Waals surface area (Å²) in [6.45, 7) is 2.63. The van der Waals surface area contributed by atoms with E-state index in [4.69, 9.17) is 4.74 Å². The van der Waals surface area contributed by atoms with Gasteiger partial charge in [-0.05, 0) is 48.2 Å². The number of alkyl halides is 3. The predicted octanol–water partition coefficient (Wildman–Crippen LogP) is 4.59. The molecule has 0 spiro atoms. The minimum atomic E-state index is -4.33. The highest BCUT2D eigenvalue weighted by molar-refractivity contribution is 6.14. The Morgan fingerprint density at radius 2 is 2.00 bits per heavy atom. The van der Waals surface area contributed by atoms with E-state index in [2.05, 4.69) is 15.3 Å². The first-order valence-corrected chi connectivity index (χ1v) is 9.67. The molecule has 1 aliphatic rings. The van der Waals surface area contributed by atoms with E-state index in [-0.39, 0.29) is 0 Å². The number of nitrogens with zero attached hydrogens (tertiary/aromatic N) is 3. The van der Waals surface area contributed by atoms with Crippen molar-refractivity contribution in [3.63, 3.8) is 0 Å². The van der Waals surface area contributed by atoms with Gasteiger partial charge in [-0.2, -0.15) is 13.2 Å². The topological polar surface area (TPSA) is 51.4 Å². The van der Waals surface area contributed by atoms with Gasteiger partial charge in [-0.25, -0.2) is 0 Å². The fraction of sp³-hybridized carbons (Fsp3) is 0.273. The highest BCUT2D eigenvalue weighted by atomic mass is 19.4. The lowest BCUT2D eigenvalue weighted by molar-refractivity contribution is -0.139. The first-order valence-electron chi connectivity index (χ1n) is 9.67. The predicted molar refractivity (Wildman–Crippen MR) is 111 cm³/mol. The lowest BCUT2D eigenvalue weighted by atomic mass is 10.0. The maximum atomic E-state index is 13.4. The lowest BCUT2D eigenvalue weighted by Crippen LogP contribution is -2.24. The largest absolute Gasteiger partial charge is 0.486 e. The summed E-state index contributed by atoms with van der Waals surface area (Å²) >= 11 is 0. The summed E-state index contributed by atoms with van der Waals surface area (Å²) in [4.78, 5) is 8.46. The number of ether oxygens (including phenoxy) is 1. The second kappa shape index (κ2) is 6.90. The lowest BCUT2D eigenvalue weighted by Gasteiger charge is -2.13. The Kier molecular flexibility index (Phi) is 4.30. The van der Waals surface area contributed by atoms with E-state index in [1.165, 1.54) is 4.57 Å². The van der Waals surface area contributed by atoms with Crippen molar-refractivity contribution in [3.8, 4) is 5.75 Å². The smallest absolute Gasteiger partial charge is 0.406 e. The summed E-state index contributed by atoms with van der Waals surface area (Å²) in [5.74, 6) is 1.37. The number of fused-ring (bicyclic) bond motifs is 4. The number of benzene rings is 2. The van der Waals surface area contributed by atoms with Gasteiger partial charge < -0.3 is 14.6 Å². The van der Waals surface area contributed by atoms with Gasteiger partial charge in [0, 0.05) is 40.6 Å². The van der Waals surface area contributed by atoms with Crippen molar-refractivity contribution in [2.45, 2.75) is 19.6 Å². The van der Waals surface area contributed by atoms with E-state index in [9.17, 15) is 13.2 Å². The van der Waals surface area contributed by atoms with E-state index in [0.717, 1.165) is 46.0 Å². The molecule has 0 aliphatic carbocycles. The monoisotopic (exact) mass is 412 g/mol. The van der Waals surface area contributed by atoms with Crippen molar-refractivity contribution < 1.29 is 17.9 Å². The minimum absolute atomic E-state index is 0.304. The van der Waals surface area contributed by atoms with E-state index >= 15 is 0 Å². The van der Waals surface area contributed by atoms with E-state index in [0.29, 0.717) is 23.4 Å². The minimum Gasteiger partial charge on any atom is -0.486 e. The number of hydrogen-bond donors (Lipinski definition) is 1. The molecular weight excluding hydrogens is 393 g/mol. The number of aliphatic imine (C=N–C) groups is 1. The zero-order valence-electron chi connectivity index (χ0n) is 16.3. The van der Waals surface area contributed by atoms with Crippen LogP contribution in [0.5, 0.6) is 5.75 Å². The zero-order valence-corrected chi connectivity index (χ0v) is 16.3. The van der Waals surface area contributed by atoms with E-state index in [1.54, 1.807) is 24.5 Å². The first kappa shape index (κ1) is 18.7. The van der Waals surface area contributed by atoms with Gasteiger partial charge in [-0.1, -0.05) is 0 Å². The number of aromatic nitrogens is 2. The molecule has 8 heteroatoms. The van der Waals surface area contributed by atoms with Gasteiger partial charge in [0.15, 0.2) is 0 Å². The Balaban J connectivity index is 1.71. The van der Waals surface area contributed by atoms with Crippen LogP contribution >= 0.6 is 0 Å². The molecule has 0 bridgehead atoms. The number of nitrogens with one attached hydrogen (secondary N) is 1. The summed E-state index contributed by atoms with van der Waals surface area (Å²) in [5, 5.41) is 6.41. The summed E-state index contributed by atoms with van der Waals surface area (Å²) < 4.78 is 47.4. The molecule has 3 heterocycles. The molecule has 1 aliphatic heterocycles. The van der Waals surface area contributed by atoms with Crippen LogP contribution in [-0.4, -0.2) is 41.3 Å². The van der Waals surface area contributed by atoms with Gasteiger partial charge in [0.2, 0.25) is 0 Å². The van der Waals surface area contributed by atoms with Crippen molar-refractivity contribution >= 4 is 38.4 Å². The molecule has 0 amide bonds. The molecule has 30 heavy (non-hydrogen) atoms. The SMILES string of the molecule is Cc1c2ccncc2cc2c3cc(OCC4=NCCN4)ccc3n(CC(F)(F)F)c12. The third kappa shape index (κ3) is 3.22. The Morgan fingerprint density at radius 3 is 2.77 bits per heavy atom. The molecule has 5 rings (SSSR count). The molecule has 2 aromatic carbocycles. The number of aryl methyl sites for hydroxylation is 1. The van der Waals surface area contributed by atoms with Crippen LogP contribution in [-0.2, 0) is 6.54 Å². The Morgan fingerprint density at radius 1 is 1.13 bits per heavy atom.